The van der Waals surface area contributed by atoms with Gasteiger partial charge in [-0.1, -0.05) is 12.1 Å². The highest BCUT2D eigenvalue weighted by atomic mass is 127. The summed E-state index contributed by atoms with van der Waals surface area (Å²) in [5.74, 6) is 0.782. The van der Waals surface area contributed by atoms with Gasteiger partial charge in [0.1, 0.15) is 0 Å². The topological polar surface area (TPSA) is 61.7 Å². The van der Waals surface area contributed by atoms with Crippen molar-refractivity contribution in [1.82, 2.24) is 14.8 Å². The van der Waals surface area contributed by atoms with Gasteiger partial charge in [-0.25, -0.2) is 4.99 Å². The van der Waals surface area contributed by atoms with Crippen molar-refractivity contribution in [2.24, 2.45) is 12.0 Å². The Morgan fingerprint density at radius 3 is 2.65 bits per heavy atom. The van der Waals surface area contributed by atoms with E-state index in [1.807, 2.05) is 50.6 Å². The van der Waals surface area contributed by atoms with E-state index in [0.717, 1.165) is 30.3 Å². The fourth-order valence-electron chi connectivity index (χ4n) is 2.57. The first-order chi connectivity index (χ1) is 12.0. The monoisotopic (exact) mass is 469 g/mol. The molecule has 1 aromatic heterocycles. The summed E-state index contributed by atoms with van der Waals surface area (Å²) in [7, 11) is 4.07. The van der Waals surface area contributed by atoms with Crippen molar-refractivity contribution in [2.75, 3.05) is 18.9 Å². The molecule has 0 aliphatic heterocycles. The smallest absolute Gasteiger partial charge is 0.221 e. The van der Waals surface area contributed by atoms with Crippen LogP contribution in [-0.2, 0) is 24.9 Å². The quantitative estimate of drug-likeness (QED) is 0.388. The fourth-order valence-corrected chi connectivity index (χ4v) is 2.57. The number of anilines is 1. The number of carbonyl (C=O) groups is 1. The molecule has 7 heteroatoms. The Hall–Kier alpha value is -2.03. The van der Waals surface area contributed by atoms with Gasteiger partial charge < -0.3 is 20.1 Å². The van der Waals surface area contributed by atoms with Gasteiger partial charge in [0, 0.05) is 45.1 Å². The number of hydrogen-bond donors (Lipinski definition) is 2. The van der Waals surface area contributed by atoms with Gasteiger partial charge >= 0.3 is 0 Å². The minimum Gasteiger partial charge on any atom is -0.357 e. The summed E-state index contributed by atoms with van der Waals surface area (Å²) in [6.45, 7) is 5.70. The Balaban J connectivity index is 0.00000338. The van der Waals surface area contributed by atoms with Crippen molar-refractivity contribution in [3.8, 4) is 0 Å². The molecule has 0 fully saturated rings. The summed E-state index contributed by atoms with van der Waals surface area (Å²) in [6, 6.07) is 11.9. The van der Waals surface area contributed by atoms with E-state index in [0.29, 0.717) is 6.54 Å². The lowest BCUT2D eigenvalue weighted by atomic mass is 10.2. The van der Waals surface area contributed by atoms with Crippen molar-refractivity contribution in [3.63, 3.8) is 0 Å². The first kappa shape index (κ1) is 22.0. The molecule has 2 N–H and O–H groups in total. The van der Waals surface area contributed by atoms with Crippen LogP contribution in [0.3, 0.4) is 0 Å². The van der Waals surface area contributed by atoms with Crippen LogP contribution in [0.2, 0.25) is 0 Å². The van der Waals surface area contributed by atoms with Crippen molar-refractivity contribution in [2.45, 2.75) is 26.9 Å². The molecule has 2 rings (SSSR count). The first-order valence-corrected chi connectivity index (χ1v) is 8.45. The molecule has 0 radical (unpaired) electrons. The highest BCUT2D eigenvalue weighted by Crippen LogP contribution is 2.12. The Labute approximate surface area is 172 Å². The van der Waals surface area contributed by atoms with E-state index in [-0.39, 0.29) is 29.9 Å². The van der Waals surface area contributed by atoms with Gasteiger partial charge in [0.15, 0.2) is 5.96 Å². The predicted molar refractivity (Wildman–Crippen MR) is 118 cm³/mol. The zero-order chi connectivity index (χ0) is 18.2. The highest BCUT2D eigenvalue weighted by molar-refractivity contribution is 14.0. The standard InChI is InChI=1S/C19H27N5O.HI/c1-5-20-19(24(4)14-18-10-7-11-23(18)3)21-13-16-8-6-9-17(12-16)22-15(2)25;/h6-12H,5,13-14H2,1-4H3,(H,20,21)(H,22,25);1H. The van der Waals surface area contributed by atoms with Crippen molar-refractivity contribution >= 4 is 41.5 Å². The van der Waals surface area contributed by atoms with Gasteiger partial charge in [-0.3, -0.25) is 4.79 Å². The van der Waals surface area contributed by atoms with Crippen LogP contribution in [-0.4, -0.2) is 34.9 Å². The van der Waals surface area contributed by atoms with E-state index in [1.165, 1.54) is 12.6 Å². The number of carbonyl (C=O) groups excluding carboxylic acids is 1. The summed E-state index contributed by atoms with van der Waals surface area (Å²) in [4.78, 5) is 18.0. The van der Waals surface area contributed by atoms with E-state index >= 15 is 0 Å². The largest absolute Gasteiger partial charge is 0.357 e. The van der Waals surface area contributed by atoms with Crippen LogP contribution in [0.25, 0.3) is 0 Å². The lowest BCUT2D eigenvalue weighted by Crippen LogP contribution is -2.38. The molecule has 1 aromatic carbocycles. The second-order valence-corrected chi connectivity index (χ2v) is 6.02. The average molecular weight is 469 g/mol. The molecule has 0 spiro atoms. The number of aryl methyl sites for hydroxylation is 1. The molecule has 0 aliphatic carbocycles. The van der Waals surface area contributed by atoms with E-state index < -0.39 is 0 Å². The van der Waals surface area contributed by atoms with Crippen LogP contribution in [0, 0.1) is 0 Å². The van der Waals surface area contributed by atoms with Gasteiger partial charge in [-0.2, -0.15) is 0 Å². The maximum Gasteiger partial charge on any atom is 0.221 e. The molecule has 0 saturated carbocycles. The van der Waals surface area contributed by atoms with Crippen LogP contribution in [0.15, 0.2) is 47.6 Å². The van der Waals surface area contributed by atoms with Crippen molar-refractivity contribution in [1.29, 1.82) is 0 Å². The average Bonchev–Trinajstić information content (AvgIpc) is 2.96. The first-order valence-electron chi connectivity index (χ1n) is 8.45. The van der Waals surface area contributed by atoms with E-state index in [9.17, 15) is 4.79 Å². The third-order valence-corrected chi connectivity index (χ3v) is 3.81. The van der Waals surface area contributed by atoms with Crippen LogP contribution in [0.1, 0.15) is 25.1 Å². The number of aromatic nitrogens is 1. The maximum absolute atomic E-state index is 11.2. The number of nitrogens with one attached hydrogen (secondary N) is 2. The minimum atomic E-state index is -0.0729. The second kappa shape index (κ2) is 10.8. The SMILES string of the molecule is CCNC(=NCc1cccc(NC(C)=O)c1)N(C)Cc1cccn1C.I. The maximum atomic E-state index is 11.2. The number of amides is 1. The van der Waals surface area contributed by atoms with Crippen LogP contribution in [0.5, 0.6) is 0 Å². The lowest BCUT2D eigenvalue weighted by molar-refractivity contribution is -0.114. The Bertz CT molecular complexity index is 741. The van der Waals surface area contributed by atoms with E-state index in [2.05, 4.69) is 33.1 Å². The zero-order valence-electron chi connectivity index (χ0n) is 15.8. The summed E-state index contributed by atoms with van der Waals surface area (Å²) in [6.07, 6.45) is 2.04. The van der Waals surface area contributed by atoms with Crippen LogP contribution < -0.4 is 10.6 Å². The molecule has 1 heterocycles. The summed E-state index contributed by atoms with van der Waals surface area (Å²) in [5, 5.41) is 6.13. The van der Waals surface area contributed by atoms with Crippen molar-refractivity contribution in [3.05, 3.63) is 53.9 Å². The molecule has 1 amide bonds. The van der Waals surface area contributed by atoms with Crippen molar-refractivity contribution < 1.29 is 4.79 Å². The van der Waals surface area contributed by atoms with Crippen LogP contribution in [0.4, 0.5) is 5.69 Å². The lowest BCUT2D eigenvalue weighted by Gasteiger charge is -2.22. The summed E-state index contributed by atoms with van der Waals surface area (Å²) in [5.41, 5.74) is 3.07. The predicted octanol–water partition coefficient (Wildman–Crippen LogP) is 3.20. The number of hydrogen-bond acceptors (Lipinski definition) is 2. The molecule has 6 nitrogen and oxygen atoms in total. The molecule has 142 valence electrons. The van der Waals surface area contributed by atoms with Gasteiger partial charge in [0.05, 0.1) is 13.1 Å². The molecule has 0 unspecified atom stereocenters. The zero-order valence-corrected chi connectivity index (χ0v) is 18.2. The summed E-state index contributed by atoms with van der Waals surface area (Å²) >= 11 is 0. The van der Waals surface area contributed by atoms with Gasteiger partial charge in [0.25, 0.3) is 0 Å². The van der Waals surface area contributed by atoms with Gasteiger partial charge in [-0.15, -0.1) is 24.0 Å². The van der Waals surface area contributed by atoms with Gasteiger partial charge in [0.2, 0.25) is 5.91 Å². The highest BCUT2D eigenvalue weighted by Gasteiger charge is 2.08. The molecule has 2 aromatic rings. The number of aliphatic imine (C=N–C) groups is 1. The number of nitrogens with zero attached hydrogens (tertiary/aromatic N) is 3. The van der Waals surface area contributed by atoms with E-state index in [1.54, 1.807) is 0 Å². The number of benzene rings is 1. The third kappa shape index (κ3) is 6.70. The van der Waals surface area contributed by atoms with Crippen LogP contribution >= 0.6 is 24.0 Å². The number of halogens is 1. The molecule has 0 atom stereocenters. The normalized spacial score (nSPS) is 10.8. The Morgan fingerprint density at radius 2 is 2.04 bits per heavy atom. The minimum absolute atomic E-state index is 0. The fraction of sp³-hybridized carbons (Fsp3) is 0.368. The summed E-state index contributed by atoms with van der Waals surface area (Å²) < 4.78 is 2.11. The number of rotatable bonds is 6. The molecular formula is C19H28IN5O. The Morgan fingerprint density at radius 1 is 1.27 bits per heavy atom. The van der Waals surface area contributed by atoms with E-state index in [4.69, 9.17) is 4.99 Å². The number of guanidine groups is 1. The molecule has 0 saturated heterocycles. The third-order valence-electron chi connectivity index (χ3n) is 3.81. The molecule has 0 aliphatic rings. The molecule has 26 heavy (non-hydrogen) atoms. The Kier molecular flexibility index (Phi) is 9.18. The van der Waals surface area contributed by atoms with Gasteiger partial charge in [-0.05, 0) is 36.8 Å². The molecular weight excluding hydrogens is 441 g/mol. The second-order valence-electron chi connectivity index (χ2n) is 6.02. The molecule has 0 bridgehead atoms.